The summed E-state index contributed by atoms with van der Waals surface area (Å²) in [5, 5.41) is 15.3. The van der Waals surface area contributed by atoms with Crippen LogP contribution in [0.4, 0.5) is 5.82 Å². The number of rotatable bonds is 6. The van der Waals surface area contributed by atoms with Gasteiger partial charge >= 0.3 is 0 Å². The quantitative estimate of drug-likeness (QED) is 0.324. The number of hydrogen-bond donors (Lipinski definition) is 3. The van der Waals surface area contributed by atoms with Crippen molar-refractivity contribution in [2.45, 2.75) is 32.8 Å². The molecule has 6 nitrogen and oxygen atoms in total. The first-order chi connectivity index (χ1) is 11.1. The van der Waals surface area contributed by atoms with E-state index in [-0.39, 0.29) is 11.9 Å². The average Bonchev–Trinajstić information content (AvgIpc) is 2.59. The molecule has 2 rings (SSSR count). The van der Waals surface area contributed by atoms with Crippen LogP contribution in [0.5, 0.6) is 0 Å². The van der Waals surface area contributed by atoms with Crippen molar-refractivity contribution in [3.8, 4) is 0 Å². The minimum Gasteiger partial charge on any atom is -0.409 e. The van der Waals surface area contributed by atoms with Gasteiger partial charge in [0.2, 0.25) is 0 Å². The van der Waals surface area contributed by atoms with E-state index in [9.17, 15) is 0 Å². The van der Waals surface area contributed by atoms with Crippen molar-refractivity contribution >= 4 is 11.7 Å². The number of nitrogens with zero attached hydrogens (tertiary/aromatic N) is 2. The summed E-state index contributed by atoms with van der Waals surface area (Å²) < 4.78 is 5.29. The van der Waals surface area contributed by atoms with Crippen molar-refractivity contribution < 1.29 is 9.94 Å². The second-order valence-electron chi connectivity index (χ2n) is 5.47. The topological polar surface area (TPSA) is 92.8 Å². The van der Waals surface area contributed by atoms with E-state index < -0.39 is 0 Å². The maximum Gasteiger partial charge on any atom is 0.171 e. The Bertz CT molecular complexity index is 650. The van der Waals surface area contributed by atoms with Gasteiger partial charge < -0.3 is 21.0 Å². The summed E-state index contributed by atoms with van der Waals surface area (Å²) in [5.41, 5.74) is 9.33. The van der Waals surface area contributed by atoms with E-state index >= 15 is 0 Å². The van der Waals surface area contributed by atoms with Crippen LogP contribution < -0.4 is 11.1 Å². The third-order valence-corrected chi connectivity index (χ3v) is 3.96. The van der Waals surface area contributed by atoms with Gasteiger partial charge in [0.1, 0.15) is 5.82 Å². The number of amidine groups is 1. The highest BCUT2D eigenvalue weighted by Crippen LogP contribution is 2.20. The first-order valence-corrected chi connectivity index (χ1v) is 7.71. The van der Waals surface area contributed by atoms with E-state index in [2.05, 4.69) is 40.6 Å². The predicted octanol–water partition coefficient (Wildman–Crippen LogP) is 2.36. The molecule has 0 fully saturated rings. The molecule has 0 aromatic carbocycles. The summed E-state index contributed by atoms with van der Waals surface area (Å²) in [4.78, 5) is 4.57. The number of ether oxygens (including phenoxy) is 1. The molecule has 1 aliphatic rings. The van der Waals surface area contributed by atoms with Crippen LogP contribution in [0, 0.1) is 6.92 Å². The first kappa shape index (κ1) is 17.0. The predicted molar refractivity (Wildman–Crippen MR) is 92.0 cm³/mol. The fourth-order valence-electron chi connectivity index (χ4n) is 2.52. The second kappa shape index (κ2) is 7.78. The zero-order valence-electron chi connectivity index (χ0n) is 13.8. The lowest BCUT2D eigenvalue weighted by atomic mass is 10.0. The van der Waals surface area contributed by atoms with Crippen molar-refractivity contribution in [3.05, 3.63) is 46.7 Å². The van der Waals surface area contributed by atoms with Gasteiger partial charge in [-0.1, -0.05) is 30.3 Å². The normalized spacial score (nSPS) is 18.0. The molecule has 0 bridgehead atoms. The molecule has 0 saturated heterocycles. The van der Waals surface area contributed by atoms with Gasteiger partial charge in [0.25, 0.3) is 0 Å². The highest BCUT2D eigenvalue weighted by Gasteiger charge is 2.12. The molecule has 1 aromatic rings. The fourth-order valence-corrected chi connectivity index (χ4v) is 2.52. The summed E-state index contributed by atoms with van der Waals surface area (Å²) in [6, 6.07) is 1.92. The zero-order valence-corrected chi connectivity index (χ0v) is 13.8. The Labute approximate surface area is 136 Å². The van der Waals surface area contributed by atoms with Crippen LogP contribution in [0.25, 0.3) is 0 Å². The number of pyridine rings is 1. The van der Waals surface area contributed by atoms with E-state index in [4.69, 9.17) is 15.7 Å². The van der Waals surface area contributed by atoms with Gasteiger partial charge in [0, 0.05) is 19.2 Å². The van der Waals surface area contributed by atoms with Crippen molar-refractivity contribution in [1.82, 2.24) is 4.98 Å². The molecular weight excluding hydrogens is 292 g/mol. The van der Waals surface area contributed by atoms with Crippen molar-refractivity contribution in [3.63, 3.8) is 0 Å². The molecule has 0 aliphatic heterocycles. The molecule has 0 radical (unpaired) electrons. The lowest BCUT2D eigenvalue weighted by molar-refractivity contribution is 0.142. The highest BCUT2D eigenvalue weighted by atomic mass is 16.5. The summed E-state index contributed by atoms with van der Waals surface area (Å²) >= 11 is 0. The summed E-state index contributed by atoms with van der Waals surface area (Å²) in [5.74, 6) is 0.919. The molecule has 23 heavy (non-hydrogen) atoms. The Kier molecular flexibility index (Phi) is 5.76. The smallest absolute Gasteiger partial charge is 0.171 e. The van der Waals surface area contributed by atoms with Crippen LogP contribution in [-0.4, -0.2) is 35.8 Å². The molecule has 0 saturated carbocycles. The van der Waals surface area contributed by atoms with Gasteiger partial charge in [-0.05, 0) is 37.0 Å². The summed E-state index contributed by atoms with van der Waals surface area (Å²) in [7, 11) is 1.72. The Morgan fingerprint density at radius 3 is 2.91 bits per heavy atom. The van der Waals surface area contributed by atoms with E-state index in [0.29, 0.717) is 12.1 Å². The third kappa shape index (κ3) is 4.10. The van der Waals surface area contributed by atoms with Gasteiger partial charge in [-0.15, -0.1) is 0 Å². The van der Waals surface area contributed by atoms with Gasteiger partial charge in [0.05, 0.1) is 11.8 Å². The number of nitrogens with one attached hydrogen (secondary N) is 1. The first-order valence-electron chi connectivity index (χ1n) is 7.71. The molecule has 1 atom stereocenters. The van der Waals surface area contributed by atoms with Crippen LogP contribution in [-0.2, 0) is 11.2 Å². The summed E-state index contributed by atoms with van der Waals surface area (Å²) in [6.45, 7) is 4.60. The number of aromatic nitrogens is 1. The fraction of sp³-hybridized carbons (Fsp3) is 0.412. The van der Waals surface area contributed by atoms with Crippen molar-refractivity contribution in [1.29, 1.82) is 0 Å². The van der Waals surface area contributed by atoms with Gasteiger partial charge in [-0.2, -0.15) is 0 Å². The van der Waals surface area contributed by atoms with Gasteiger partial charge in [-0.3, -0.25) is 0 Å². The molecule has 1 aliphatic carbocycles. The number of aryl methyl sites for hydroxylation is 2. The van der Waals surface area contributed by atoms with Crippen LogP contribution in [0.3, 0.4) is 0 Å². The standard InChI is InChI=1S/C17H24N4O2/c1-4-13-9-15(16(18)21-22)11(2)20-17(13)19-10-12-5-7-14(23-3)8-6-12/h5-7,9,14,22H,4,8,10H2,1-3H3,(H2,18,21)(H,19,20). The summed E-state index contributed by atoms with van der Waals surface area (Å²) in [6.07, 6.45) is 8.18. The molecule has 6 heteroatoms. The number of anilines is 1. The number of oxime groups is 1. The molecular formula is C17H24N4O2. The highest BCUT2D eigenvalue weighted by molar-refractivity contribution is 5.98. The molecule has 1 unspecified atom stereocenters. The van der Waals surface area contributed by atoms with E-state index in [1.807, 2.05) is 13.0 Å². The maximum absolute atomic E-state index is 8.86. The molecule has 124 valence electrons. The molecule has 4 N–H and O–H groups in total. The van der Waals surface area contributed by atoms with Crippen molar-refractivity contribution in [2.75, 3.05) is 19.0 Å². The van der Waals surface area contributed by atoms with E-state index in [1.165, 1.54) is 5.57 Å². The van der Waals surface area contributed by atoms with Gasteiger partial charge in [-0.25, -0.2) is 4.98 Å². The third-order valence-electron chi connectivity index (χ3n) is 3.96. The zero-order chi connectivity index (χ0) is 16.8. The van der Waals surface area contributed by atoms with Crippen LogP contribution in [0.1, 0.15) is 30.2 Å². The average molecular weight is 316 g/mol. The minimum absolute atomic E-state index is 0.0831. The Morgan fingerprint density at radius 2 is 2.35 bits per heavy atom. The Hall–Kier alpha value is -2.34. The number of nitrogens with two attached hydrogens (primary N) is 1. The van der Waals surface area contributed by atoms with E-state index in [0.717, 1.165) is 29.9 Å². The maximum atomic E-state index is 8.86. The minimum atomic E-state index is 0.0831. The largest absolute Gasteiger partial charge is 0.409 e. The SMILES string of the molecule is CCc1cc(/C(N)=N/O)c(C)nc1NCC1=CCC(OC)C=C1. The lowest BCUT2D eigenvalue weighted by Crippen LogP contribution is -2.18. The molecule has 1 aromatic heterocycles. The van der Waals surface area contributed by atoms with Crippen molar-refractivity contribution in [2.24, 2.45) is 10.9 Å². The molecule has 0 spiro atoms. The Balaban J connectivity index is 2.13. The molecule has 0 amide bonds. The van der Waals surface area contributed by atoms with Gasteiger partial charge in [0.15, 0.2) is 5.84 Å². The molecule has 1 heterocycles. The number of hydrogen-bond acceptors (Lipinski definition) is 5. The van der Waals surface area contributed by atoms with E-state index in [1.54, 1.807) is 7.11 Å². The van der Waals surface area contributed by atoms with Crippen LogP contribution in [0.15, 0.2) is 35.0 Å². The number of methoxy groups -OCH3 is 1. The Morgan fingerprint density at radius 1 is 1.57 bits per heavy atom. The van der Waals surface area contributed by atoms with Crippen LogP contribution >= 0.6 is 0 Å². The lowest BCUT2D eigenvalue weighted by Gasteiger charge is -2.17. The van der Waals surface area contributed by atoms with Crippen LogP contribution in [0.2, 0.25) is 0 Å². The monoisotopic (exact) mass is 316 g/mol. The second-order valence-corrected chi connectivity index (χ2v) is 5.47.